The van der Waals surface area contributed by atoms with Crippen LogP contribution in [-0.4, -0.2) is 19.0 Å². The van der Waals surface area contributed by atoms with Gasteiger partial charge in [0.25, 0.3) is 0 Å². The molecule has 2 heterocycles. The third-order valence-corrected chi connectivity index (χ3v) is 5.41. The van der Waals surface area contributed by atoms with E-state index in [1.165, 1.54) is 11.1 Å². The first-order valence-corrected chi connectivity index (χ1v) is 8.37. The Kier molecular flexibility index (Phi) is 3.28. The minimum atomic E-state index is 0.126. The molecule has 3 atom stereocenters. The van der Waals surface area contributed by atoms with Gasteiger partial charge in [0.15, 0.2) is 0 Å². The van der Waals surface area contributed by atoms with E-state index in [1.807, 2.05) is 16.8 Å². The molecule has 0 radical (unpaired) electrons. The molecule has 21 heavy (non-hydrogen) atoms. The molecule has 0 bridgehead atoms. The first-order chi connectivity index (χ1) is 10.3. The number of rotatable bonds is 3. The number of carbonyl (C=O) groups is 1. The molecular formula is C17H18N2OS. The highest BCUT2D eigenvalue weighted by Gasteiger charge is 2.43. The molecule has 2 aromatic rings. The zero-order valence-corrected chi connectivity index (χ0v) is 12.5. The van der Waals surface area contributed by atoms with Gasteiger partial charge in [-0.3, -0.25) is 4.79 Å². The number of hydrogen-bond donors (Lipinski definition) is 2. The van der Waals surface area contributed by atoms with Gasteiger partial charge in [0, 0.05) is 24.9 Å². The average molecular weight is 298 g/mol. The summed E-state index contributed by atoms with van der Waals surface area (Å²) in [5.41, 5.74) is 3.82. The normalized spacial score (nSPS) is 26.4. The molecule has 0 unspecified atom stereocenters. The summed E-state index contributed by atoms with van der Waals surface area (Å²) in [5, 5.41) is 10.8. The van der Waals surface area contributed by atoms with E-state index < -0.39 is 0 Å². The fourth-order valence-corrected chi connectivity index (χ4v) is 4.41. The van der Waals surface area contributed by atoms with E-state index in [0.29, 0.717) is 18.3 Å². The predicted molar refractivity (Wildman–Crippen MR) is 84.4 cm³/mol. The Labute approximate surface area is 128 Å². The van der Waals surface area contributed by atoms with Crippen molar-refractivity contribution < 1.29 is 4.79 Å². The van der Waals surface area contributed by atoms with Gasteiger partial charge in [-0.25, -0.2) is 0 Å². The smallest absolute Gasteiger partial charge is 0.224 e. The Balaban J connectivity index is 1.55. The van der Waals surface area contributed by atoms with Crippen molar-refractivity contribution in [3.63, 3.8) is 0 Å². The lowest BCUT2D eigenvalue weighted by Crippen LogP contribution is -2.33. The van der Waals surface area contributed by atoms with Crippen molar-refractivity contribution in [2.45, 2.75) is 18.4 Å². The van der Waals surface area contributed by atoms with Crippen LogP contribution in [0.3, 0.4) is 0 Å². The topological polar surface area (TPSA) is 41.1 Å². The zero-order chi connectivity index (χ0) is 14.2. The van der Waals surface area contributed by atoms with Crippen molar-refractivity contribution in [3.8, 4) is 0 Å². The average Bonchev–Trinajstić information content (AvgIpc) is 3.19. The minimum absolute atomic E-state index is 0.126. The van der Waals surface area contributed by atoms with E-state index in [0.717, 1.165) is 18.7 Å². The molecule has 1 aliphatic carbocycles. The van der Waals surface area contributed by atoms with E-state index >= 15 is 0 Å². The summed E-state index contributed by atoms with van der Waals surface area (Å²) >= 11 is 1.64. The minimum Gasteiger partial charge on any atom is -0.349 e. The molecule has 4 heteroatoms. The summed E-state index contributed by atoms with van der Waals surface area (Å²) in [4.78, 5) is 12.3. The molecule has 2 N–H and O–H groups in total. The lowest BCUT2D eigenvalue weighted by Gasteiger charge is -2.20. The maximum Gasteiger partial charge on any atom is 0.224 e. The lowest BCUT2D eigenvalue weighted by molar-refractivity contribution is -0.121. The number of amides is 1. The third-order valence-electron chi connectivity index (χ3n) is 4.68. The van der Waals surface area contributed by atoms with Gasteiger partial charge < -0.3 is 10.6 Å². The Morgan fingerprint density at radius 2 is 2.10 bits per heavy atom. The Morgan fingerprint density at radius 1 is 1.24 bits per heavy atom. The molecule has 1 fully saturated rings. The number of thiophene rings is 1. The van der Waals surface area contributed by atoms with E-state index in [2.05, 4.69) is 34.9 Å². The van der Waals surface area contributed by atoms with Gasteiger partial charge in [0.05, 0.1) is 12.5 Å². The van der Waals surface area contributed by atoms with Gasteiger partial charge in [0.1, 0.15) is 0 Å². The molecule has 1 aliphatic heterocycles. The van der Waals surface area contributed by atoms with E-state index in [1.54, 1.807) is 11.3 Å². The van der Waals surface area contributed by atoms with Crippen molar-refractivity contribution in [2.24, 2.45) is 5.92 Å². The highest BCUT2D eigenvalue weighted by molar-refractivity contribution is 7.07. The Morgan fingerprint density at radius 3 is 2.90 bits per heavy atom. The maximum absolute atomic E-state index is 12.3. The van der Waals surface area contributed by atoms with E-state index in [4.69, 9.17) is 0 Å². The summed E-state index contributed by atoms with van der Waals surface area (Å²) in [7, 11) is 0. The van der Waals surface area contributed by atoms with Crippen LogP contribution in [0.1, 0.15) is 28.7 Å². The summed E-state index contributed by atoms with van der Waals surface area (Å²) in [6.07, 6.45) is 0.479. The van der Waals surface area contributed by atoms with Crippen molar-refractivity contribution >= 4 is 17.2 Å². The molecule has 2 aliphatic rings. The molecule has 108 valence electrons. The summed E-state index contributed by atoms with van der Waals surface area (Å²) < 4.78 is 0. The Hall–Kier alpha value is -1.65. The molecule has 1 aromatic carbocycles. The monoisotopic (exact) mass is 298 g/mol. The molecular weight excluding hydrogens is 280 g/mol. The SMILES string of the molecule is O=C(Cc1ccsc1)N[C@H]1c2ccccc2[C@@H]2CNC[C@@H]21. The van der Waals surface area contributed by atoms with E-state index in [9.17, 15) is 4.79 Å². The fraction of sp³-hybridized carbons (Fsp3) is 0.353. The Bertz CT molecular complexity index is 653. The number of benzene rings is 1. The second-order valence-electron chi connectivity index (χ2n) is 5.91. The third kappa shape index (κ3) is 2.28. The highest BCUT2D eigenvalue weighted by Crippen LogP contribution is 2.46. The predicted octanol–water partition coefficient (Wildman–Crippen LogP) is 2.46. The molecule has 1 saturated heterocycles. The number of hydrogen-bond acceptors (Lipinski definition) is 3. The largest absolute Gasteiger partial charge is 0.349 e. The van der Waals surface area contributed by atoms with Crippen LogP contribution < -0.4 is 10.6 Å². The van der Waals surface area contributed by atoms with Crippen molar-refractivity contribution in [3.05, 3.63) is 57.8 Å². The lowest BCUT2D eigenvalue weighted by atomic mass is 9.94. The van der Waals surface area contributed by atoms with Crippen LogP contribution in [0.15, 0.2) is 41.1 Å². The second-order valence-corrected chi connectivity index (χ2v) is 6.69. The molecule has 0 saturated carbocycles. The van der Waals surface area contributed by atoms with Gasteiger partial charge in [-0.15, -0.1) is 0 Å². The first kappa shape index (κ1) is 13.0. The second kappa shape index (κ2) is 5.28. The molecule has 3 nitrogen and oxygen atoms in total. The molecule has 4 rings (SSSR count). The fourth-order valence-electron chi connectivity index (χ4n) is 3.74. The van der Waals surface area contributed by atoms with Gasteiger partial charge >= 0.3 is 0 Å². The molecule has 0 spiro atoms. The van der Waals surface area contributed by atoms with Crippen LogP contribution in [0.2, 0.25) is 0 Å². The number of carbonyl (C=O) groups excluding carboxylic acids is 1. The zero-order valence-electron chi connectivity index (χ0n) is 11.7. The highest BCUT2D eigenvalue weighted by atomic mass is 32.1. The van der Waals surface area contributed by atoms with Crippen molar-refractivity contribution in [1.29, 1.82) is 0 Å². The van der Waals surface area contributed by atoms with Crippen LogP contribution >= 0.6 is 11.3 Å². The maximum atomic E-state index is 12.3. The van der Waals surface area contributed by atoms with E-state index in [-0.39, 0.29) is 11.9 Å². The number of fused-ring (bicyclic) bond motifs is 3. The van der Waals surface area contributed by atoms with Crippen LogP contribution in [0.4, 0.5) is 0 Å². The van der Waals surface area contributed by atoms with Gasteiger partial charge in [-0.05, 0) is 33.5 Å². The van der Waals surface area contributed by atoms with Crippen molar-refractivity contribution in [1.82, 2.24) is 10.6 Å². The van der Waals surface area contributed by atoms with Crippen LogP contribution in [0.25, 0.3) is 0 Å². The quantitative estimate of drug-likeness (QED) is 0.914. The first-order valence-electron chi connectivity index (χ1n) is 7.43. The molecule has 1 amide bonds. The summed E-state index contributed by atoms with van der Waals surface area (Å²) in [6, 6.07) is 10.7. The van der Waals surface area contributed by atoms with Gasteiger partial charge in [0.2, 0.25) is 5.91 Å². The standard InChI is InChI=1S/C17H18N2OS/c20-16(7-11-5-6-21-10-11)19-17-13-4-2-1-3-12(13)14-8-18-9-15(14)17/h1-6,10,14-15,17-18H,7-9H2,(H,19,20)/t14-,15-,17-/m0/s1. The van der Waals surface area contributed by atoms with Crippen molar-refractivity contribution in [2.75, 3.05) is 13.1 Å². The van der Waals surface area contributed by atoms with Gasteiger partial charge in [-0.2, -0.15) is 11.3 Å². The summed E-state index contributed by atoms with van der Waals surface area (Å²) in [5.74, 6) is 1.17. The van der Waals surface area contributed by atoms with Gasteiger partial charge in [-0.1, -0.05) is 24.3 Å². The van der Waals surface area contributed by atoms with Crippen LogP contribution in [0, 0.1) is 5.92 Å². The molecule has 1 aromatic heterocycles. The van der Waals surface area contributed by atoms with Crippen LogP contribution in [-0.2, 0) is 11.2 Å². The van der Waals surface area contributed by atoms with Crippen LogP contribution in [0.5, 0.6) is 0 Å². The number of nitrogens with one attached hydrogen (secondary N) is 2. The summed E-state index contributed by atoms with van der Waals surface area (Å²) in [6.45, 7) is 2.02.